The Bertz CT molecular complexity index is 1240. The highest BCUT2D eigenvalue weighted by molar-refractivity contribution is 7.99. The summed E-state index contributed by atoms with van der Waals surface area (Å²) in [5, 5.41) is 12.7. The fourth-order valence-corrected chi connectivity index (χ4v) is 6.19. The van der Waals surface area contributed by atoms with Crippen LogP contribution in [0.25, 0.3) is 0 Å². The Hall–Kier alpha value is -2.48. The van der Waals surface area contributed by atoms with E-state index >= 15 is 0 Å². The molecule has 0 saturated heterocycles. The molecule has 1 aliphatic carbocycles. The minimum absolute atomic E-state index is 0.120. The molecule has 2 unspecified atom stereocenters. The second kappa shape index (κ2) is 8.14. The van der Waals surface area contributed by atoms with Gasteiger partial charge in [0.15, 0.2) is 5.43 Å². The minimum Gasteiger partial charge on any atom is -0.391 e. The lowest BCUT2D eigenvalue weighted by atomic mass is 9.81. The Balaban J connectivity index is 1.80. The zero-order chi connectivity index (χ0) is 22.6. The highest BCUT2D eigenvalue weighted by Gasteiger charge is 2.39. The highest BCUT2D eigenvalue weighted by atomic mass is 35.5. The van der Waals surface area contributed by atoms with E-state index in [1.165, 1.54) is 17.2 Å². The summed E-state index contributed by atoms with van der Waals surface area (Å²) in [5.41, 5.74) is 3.68. The molecule has 3 aliphatic rings. The van der Waals surface area contributed by atoms with Crippen molar-refractivity contribution in [1.29, 1.82) is 0 Å². The molecule has 0 bridgehead atoms. The third kappa shape index (κ3) is 3.31. The van der Waals surface area contributed by atoms with E-state index in [2.05, 4.69) is 30.2 Å². The van der Waals surface area contributed by atoms with Crippen molar-refractivity contribution < 1.29 is 9.90 Å². The van der Waals surface area contributed by atoms with E-state index in [0.717, 1.165) is 22.6 Å². The number of nitrogens with zero attached hydrogens (tertiary/aromatic N) is 3. The lowest BCUT2D eigenvalue weighted by molar-refractivity contribution is 0.0725. The number of aromatic nitrogens is 1. The third-order valence-corrected chi connectivity index (χ3v) is 7.85. The van der Waals surface area contributed by atoms with Gasteiger partial charge >= 0.3 is 0 Å². The van der Waals surface area contributed by atoms with Crippen LogP contribution in [0.5, 0.6) is 0 Å². The normalized spacial score (nSPS) is 22.4. The predicted octanol–water partition coefficient (Wildman–Crippen LogP) is 3.71. The number of hydrogen-bond donors (Lipinski definition) is 1. The number of carbonyl (C=O) groups is 1. The first-order valence-electron chi connectivity index (χ1n) is 10.6. The van der Waals surface area contributed by atoms with Crippen molar-refractivity contribution in [2.75, 3.05) is 24.5 Å². The SMILES string of the molecule is CC1CC=CC2=C1C(N1CN(C)C(=O)c3c(CO)c(=O)ccn31)c1cc(Cl)ccc1SC2. The van der Waals surface area contributed by atoms with Crippen LogP contribution in [-0.4, -0.2) is 40.1 Å². The van der Waals surface area contributed by atoms with E-state index in [0.29, 0.717) is 17.6 Å². The number of halogens is 1. The van der Waals surface area contributed by atoms with E-state index < -0.39 is 6.61 Å². The van der Waals surface area contributed by atoms with Crippen LogP contribution in [0, 0.1) is 5.92 Å². The third-order valence-electron chi connectivity index (χ3n) is 6.47. The van der Waals surface area contributed by atoms with Gasteiger partial charge in [0.05, 0.1) is 18.2 Å². The molecule has 0 spiro atoms. The van der Waals surface area contributed by atoms with Gasteiger partial charge in [0, 0.05) is 35.0 Å². The van der Waals surface area contributed by atoms with Gasteiger partial charge in [-0.25, -0.2) is 0 Å². The van der Waals surface area contributed by atoms with Crippen LogP contribution in [0.1, 0.15) is 41.0 Å². The van der Waals surface area contributed by atoms with Crippen molar-refractivity contribution in [1.82, 2.24) is 9.58 Å². The largest absolute Gasteiger partial charge is 0.391 e. The van der Waals surface area contributed by atoms with Crippen LogP contribution >= 0.6 is 23.4 Å². The van der Waals surface area contributed by atoms with E-state index in [9.17, 15) is 14.7 Å². The monoisotopic (exact) mass is 469 g/mol. The fourth-order valence-electron chi connectivity index (χ4n) is 4.94. The maximum atomic E-state index is 13.1. The molecule has 166 valence electrons. The first kappa shape index (κ1) is 21.4. The van der Waals surface area contributed by atoms with E-state index in [-0.39, 0.29) is 28.6 Å². The summed E-state index contributed by atoms with van der Waals surface area (Å²) >= 11 is 8.25. The molecule has 1 aromatic heterocycles. The van der Waals surface area contributed by atoms with Gasteiger partial charge in [0.1, 0.15) is 12.4 Å². The Labute approximate surface area is 195 Å². The van der Waals surface area contributed by atoms with Gasteiger partial charge in [-0.05, 0) is 47.2 Å². The molecule has 1 aromatic carbocycles. The second-order valence-corrected chi connectivity index (χ2v) is 9.94. The molecule has 2 aromatic rings. The van der Waals surface area contributed by atoms with Crippen molar-refractivity contribution in [3.63, 3.8) is 0 Å². The zero-order valence-corrected chi connectivity index (χ0v) is 19.5. The molecular weight excluding hydrogens is 446 g/mol. The van der Waals surface area contributed by atoms with E-state index in [1.807, 2.05) is 12.1 Å². The summed E-state index contributed by atoms with van der Waals surface area (Å²) < 4.78 is 1.76. The van der Waals surface area contributed by atoms with Crippen LogP contribution in [0.2, 0.25) is 5.02 Å². The molecule has 5 rings (SSSR count). The molecule has 6 nitrogen and oxygen atoms in total. The zero-order valence-electron chi connectivity index (χ0n) is 17.9. The van der Waals surface area contributed by atoms with Crippen LogP contribution in [0.3, 0.4) is 0 Å². The average Bonchev–Trinajstić information content (AvgIpc) is 2.93. The molecule has 3 heterocycles. The number of rotatable bonds is 2. The fraction of sp³-hybridized carbons (Fsp3) is 0.333. The highest BCUT2D eigenvalue weighted by Crippen LogP contribution is 2.47. The summed E-state index contributed by atoms with van der Waals surface area (Å²) in [5.74, 6) is 0.903. The first-order valence-corrected chi connectivity index (χ1v) is 12.0. The summed E-state index contributed by atoms with van der Waals surface area (Å²) in [6, 6.07) is 7.24. The van der Waals surface area contributed by atoms with Gasteiger partial charge in [-0.15, -0.1) is 11.8 Å². The summed E-state index contributed by atoms with van der Waals surface area (Å²) in [6.07, 6.45) is 7.03. The summed E-state index contributed by atoms with van der Waals surface area (Å²) in [6.45, 7) is 2.09. The Morgan fingerprint density at radius 1 is 1.25 bits per heavy atom. The molecule has 0 fully saturated rings. The van der Waals surface area contributed by atoms with Gasteiger partial charge in [-0.2, -0.15) is 0 Å². The van der Waals surface area contributed by atoms with Crippen molar-refractivity contribution in [2.24, 2.45) is 5.92 Å². The molecule has 2 atom stereocenters. The van der Waals surface area contributed by atoms with Crippen LogP contribution in [0.4, 0.5) is 0 Å². The number of carbonyl (C=O) groups excluding carboxylic acids is 1. The smallest absolute Gasteiger partial charge is 0.274 e. The van der Waals surface area contributed by atoms with Crippen molar-refractivity contribution in [3.8, 4) is 0 Å². The number of fused-ring (bicyclic) bond motifs is 2. The number of amides is 1. The molecular formula is C24H24ClN3O3S. The number of thioether (sulfide) groups is 1. The quantitative estimate of drug-likeness (QED) is 0.726. The number of hydrogen-bond acceptors (Lipinski definition) is 5. The lowest BCUT2D eigenvalue weighted by Gasteiger charge is -2.45. The van der Waals surface area contributed by atoms with Gasteiger partial charge in [0.25, 0.3) is 5.91 Å². The number of pyridine rings is 1. The topological polar surface area (TPSA) is 65.8 Å². The minimum atomic E-state index is -0.488. The molecule has 1 N–H and O–H groups in total. The summed E-state index contributed by atoms with van der Waals surface area (Å²) in [7, 11) is 1.72. The molecule has 32 heavy (non-hydrogen) atoms. The number of benzene rings is 1. The van der Waals surface area contributed by atoms with E-state index in [4.69, 9.17) is 11.6 Å². The number of aliphatic hydroxyl groups is 1. The Morgan fingerprint density at radius 2 is 2.06 bits per heavy atom. The average molecular weight is 470 g/mol. The Kier molecular flexibility index (Phi) is 5.43. The van der Waals surface area contributed by atoms with Gasteiger partial charge in [-0.3, -0.25) is 19.3 Å². The van der Waals surface area contributed by atoms with Gasteiger partial charge in [-0.1, -0.05) is 30.7 Å². The maximum Gasteiger partial charge on any atom is 0.274 e. The number of allylic oxidation sites excluding steroid dienone is 2. The molecule has 2 aliphatic heterocycles. The van der Waals surface area contributed by atoms with E-state index in [1.54, 1.807) is 34.6 Å². The second-order valence-electron chi connectivity index (χ2n) is 8.49. The van der Waals surface area contributed by atoms with Gasteiger partial charge < -0.3 is 10.0 Å². The summed E-state index contributed by atoms with van der Waals surface area (Å²) in [4.78, 5) is 28.3. The number of aliphatic hydroxyl groups excluding tert-OH is 1. The van der Waals surface area contributed by atoms with Crippen molar-refractivity contribution >= 4 is 29.3 Å². The Morgan fingerprint density at radius 3 is 2.84 bits per heavy atom. The maximum absolute atomic E-state index is 13.1. The van der Waals surface area contributed by atoms with Crippen LogP contribution in [-0.2, 0) is 6.61 Å². The first-order chi connectivity index (χ1) is 15.4. The molecule has 0 saturated carbocycles. The molecule has 0 radical (unpaired) electrons. The standard InChI is InChI=1S/C24H24ClN3O3S/c1-14-4-3-5-15-12-32-20-7-6-16(25)10-17(20)22(21(14)15)28-13-26(2)24(31)23-18(11-29)19(30)8-9-27(23)28/h3,5-10,14,22,29H,4,11-13H2,1-2H3. The molecule has 1 amide bonds. The van der Waals surface area contributed by atoms with Crippen molar-refractivity contribution in [3.05, 3.63) is 85.8 Å². The molecule has 8 heteroatoms. The van der Waals surface area contributed by atoms with Gasteiger partial charge in [0.2, 0.25) is 0 Å². The van der Waals surface area contributed by atoms with Crippen LogP contribution in [0.15, 0.2) is 63.5 Å². The van der Waals surface area contributed by atoms with Crippen LogP contribution < -0.4 is 10.4 Å². The predicted molar refractivity (Wildman–Crippen MR) is 127 cm³/mol. The lowest BCUT2D eigenvalue weighted by Crippen LogP contribution is -2.55. The van der Waals surface area contributed by atoms with Crippen molar-refractivity contribution in [2.45, 2.75) is 30.9 Å².